The highest BCUT2D eigenvalue weighted by molar-refractivity contribution is 5.90. The van der Waals surface area contributed by atoms with Gasteiger partial charge in [-0.2, -0.15) is 0 Å². The van der Waals surface area contributed by atoms with Crippen molar-refractivity contribution in [2.24, 2.45) is 0 Å². The number of carbonyl (C=O) groups excluding carboxylic acids is 1. The van der Waals surface area contributed by atoms with Crippen LogP contribution in [0.15, 0.2) is 60.8 Å². The molecule has 0 saturated heterocycles. The average molecular weight is 379 g/mol. The molecular formula is C22H25N3O3. The Kier molecular flexibility index (Phi) is 6.97. The van der Waals surface area contributed by atoms with Crippen molar-refractivity contribution in [3.8, 4) is 0 Å². The molecule has 0 aliphatic heterocycles. The standard InChI is InChI=1S/C22H25N3O3/c26-14-13-25(12-10-18-5-7-21-20(15-18)9-11-23-21)16-19-3-1-17(2-4-19)6-8-22(27)24-28/h1-9,11,15,23,26,28H,10,12-14,16H2,(H,24,27)/b8-6+. The number of aliphatic hydroxyl groups is 1. The molecule has 4 N–H and O–H groups in total. The number of hydroxylamine groups is 1. The molecule has 0 radical (unpaired) electrons. The van der Waals surface area contributed by atoms with Gasteiger partial charge in [0.2, 0.25) is 0 Å². The Morgan fingerprint density at radius 3 is 2.61 bits per heavy atom. The summed E-state index contributed by atoms with van der Waals surface area (Å²) >= 11 is 0. The molecule has 0 spiro atoms. The van der Waals surface area contributed by atoms with Crippen molar-refractivity contribution in [1.29, 1.82) is 0 Å². The molecule has 6 nitrogen and oxygen atoms in total. The highest BCUT2D eigenvalue weighted by atomic mass is 16.5. The van der Waals surface area contributed by atoms with Gasteiger partial charge in [0.15, 0.2) is 0 Å². The zero-order valence-electron chi connectivity index (χ0n) is 15.6. The predicted octanol–water partition coefficient (Wildman–Crippen LogP) is 2.72. The van der Waals surface area contributed by atoms with Gasteiger partial charge < -0.3 is 10.1 Å². The van der Waals surface area contributed by atoms with Crippen molar-refractivity contribution in [1.82, 2.24) is 15.4 Å². The Bertz CT molecular complexity index is 932. The van der Waals surface area contributed by atoms with E-state index in [2.05, 4.69) is 34.1 Å². The van der Waals surface area contributed by atoms with E-state index in [0.717, 1.165) is 36.2 Å². The van der Waals surface area contributed by atoms with Crippen LogP contribution in [0.3, 0.4) is 0 Å². The molecular weight excluding hydrogens is 354 g/mol. The maximum Gasteiger partial charge on any atom is 0.267 e. The third-order valence-electron chi connectivity index (χ3n) is 4.67. The first kappa shape index (κ1) is 19.8. The van der Waals surface area contributed by atoms with Crippen LogP contribution < -0.4 is 5.48 Å². The quantitative estimate of drug-likeness (QED) is 0.261. The number of fused-ring (bicyclic) bond motifs is 1. The predicted molar refractivity (Wildman–Crippen MR) is 110 cm³/mol. The molecule has 0 fully saturated rings. The van der Waals surface area contributed by atoms with E-state index < -0.39 is 5.91 Å². The molecule has 146 valence electrons. The Labute approximate surface area is 164 Å². The summed E-state index contributed by atoms with van der Waals surface area (Å²) in [5.41, 5.74) is 5.99. The van der Waals surface area contributed by atoms with E-state index in [0.29, 0.717) is 6.54 Å². The van der Waals surface area contributed by atoms with Crippen LogP contribution in [0.2, 0.25) is 0 Å². The number of rotatable bonds is 9. The maximum atomic E-state index is 11.0. The summed E-state index contributed by atoms with van der Waals surface area (Å²) in [4.78, 5) is 16.5. The molecule has 0 atom stereocenters. The molecule has 28 heavy (non-hydrogen) atoms. The van der Waals surface area contributed by atoms with Gasteiger partial charge in [-0.3, -0.25) is 14.9 Å². The number of benzene rings is 2. The van der Waals surface area contributed by atoms with Gasteiger partial charge >= 0.3 is 0 Å². The van der Waals surface area contributed by atoms with Crippen LogP contribution in [0, 0.1) is 0 Å². The minimum absolute atomic E-state index is 0.119. The minimum Gasteiger partial charge on any atom is -0.395 e. The third-order valence-corrected chi connectivity index (χ3v) is 4.67. The van der Waals surface area contributed by atoms with E-state index in [1.807, 2.05) is 30.5 Å². The van der Waals surface area contributed by atoms with Crippen molar-refractivity contribution in [2.75, 3.05) is 19.7 Å². The lowest BCUT2D eigenvalue weighted by atomic mass is 10.1. The Balaban J connectivity index is 1.59. The zero-order valence-corrected chi connectivity index (χ0v) is 15.6. The number of carbonyl (C=O) groups is 1. The van der Waals surface area contributed by atoms with Crippen molar-refractivity contribution in [3.05, 3.63) is 77.5 Å². The van der Waals surface area contributed by atoms with E-state index in [-0.39, 0.29) is 6.61 Å². The second-order valence-electron chi connectivity index (χ2n) is 6.70. The van der Waals surface area contributed by atoms with Gasteiger partial charge in [0.1, 0.15) is 0 Å². The third kappa shape index (κ3) is 5.53. The lowest BCUT2D eigenvalue weighted by Crippen LogP contribution is -2.28. The van der Waals surface area contributed by atoms with E-state index >= 15 is 0 Å². The fraction of sp³-hybridized carbons (Fsp3) is 0.227. The summed E-state index contributed by atoms with van der Waals surface area (Å²) in [6.07, 6.45) is 5.77. The van der Waals surface area contributed by atoms with Crippen molar-refractivity contribution in [2.45, 2.75) is 13.0 Å². The number of aromatic nitrogens is 1. The monoisotopic (exact) mass is 379 g/mol. The number of nitrogens with zero attached hydrogens (tertiary/aromatic N) is 1. The first-order valence-corrected chi connectivity index (χ1v) is 9.28. The summed E-state index contributed by atoms with van der Waals surface area (Å²) in [5.74, 6) is -0.559. The van der Waals surface area contributed by atoms with Crippen LogP contribution in [-0.4, -0.2) is 45.8 Å². The summed E-state index contributed by atoms with van der Waals surface area (Å²) in [6.45, 7) is 2.33. The first-order chi connectivity index (χ1) is 13.7. The number of H-pyrrole nitrogens is 1. The summed E-state index contributed by atoms with van der Waals surface area (Å²) in [7, 11) is 0. The molecule has 2 aromatic carbocycles. The van der Waals surface area contributed by atoms with Gasteiger partial charge in [0.25, 0.3) is 5.91 Å². The van der Waals surface area contributed by atoms with Crippen LogP contribution in [0.4, 0.5) is 0 Å². The number of amides is 1. The number of hydrogen-bond donors (Lipinski definition) is 4. The average Bonchev–Trinajstić information content (AvgIpc) is 3.19. The van der Waals surface area contributed by atoms with E-state index in [1.165, 1.54) is 17.0 Å². The summed E-state index contributed by atoms with van der Waals surface area (Å²) in [6, 6.07) is 16.4. The lowest BCUT2D eigenvalue weighted by Gasteiger charge is -2.21. The number of aromatic amines is 1. The molecule has 0 bridgehead atoms. The fourth-order valence-electron chi connectivity index (χ4n) is 3.16. The van der Waals surface area contributed by atoms with Gasteiger partial charge in [-0.15, -0.1) is 0 Å². The van der Waals surface area contributed by atoms with Gasteiger partial charge in [0.05, 0.1) is 6.61 Å². The lowest BCUT2D eigenvalue weighted by molar-refractivity contribution is -0.124. The molecule has 1 aromatic heterocycles. The van der Waals surface area contributed by atoms with Crippen LogP contribution in [0.25, 0.3) is 17.0 Å². The highest BCUT2D eigenvalue weighted by Crippen LogP contribution is 2.15. The van der Waals surface area contributed by atoms with Crippen molar-refractivity contribution in [3.63, 3.8) is 0 Å². The topological polar surface area (TPSA) is 88.6 Å². The highest BCUT2D eigenvalue weighted by Gasteiger charge is 2.07. The van der Waals surface area contributed by atoms with Crippen LogP contribution in [0.5, 0.6) is 0 Å². The number of nitrogens with one attached hydrogen (secondary N) is 2. The first-order valence-electron chi connectivity index (χ1n) is 9.28. The largest absolute Gasteiger partial charge is 0.395 e. The van der Waals surface area contributed by atoms with Crippen molar-refractivity contribution < 1.29 is 15.1 Å². The minimum atomic E-state index is -0.559. The molecule has 6 heteroatoms. The second kappa shape index (κ2) is 9.85. The molecule has 0 saturated carbocycles. The molecule has 1 heterocycles. The van der Waals surface area contributed by atoms with E-state index in [1.54, 1.807) is 11.6 Å². The molecule has 3 rings (SSSR count). The normalized spacial score (nSPS) is 11.5. The SMILES string of the molecule is O=C(/C=C/c1ccc(CN(CCO)CCc2ccc3[nH]ccc3c2)cc1)NO. The second-order valence-corrected chi connectivity index (χ2v) is 6.70. The smallest absolute Gasteiger partial charge is 0.267 e. The molecule has 3 aromatic rings. The van der Waals surface area contributed by atoms with Crippen molar-refractivity contribution >= 4 is 22.9 Å². The Morgan fingerprint density at radius 1 is 1.07 bits per heavy atom. The van der Waals surface area contributed by atoms with Crippen LogP contribution in [0.1, 0.15) is 16.7 Å². The maximum absolute atomic E-state index is 11.0. The Morgan fingerprint density at radius 2 is 1.86 bits per heavy atom. The molecule has 1 amide bonds. The summed E-state index contributed by atoms with van der Waals surface area (Å²) < 4.78 is 0. The van der Waals surface area contributed by atoms with E-state index in [9.17, 15) is 9.90 Å². The zero-order chi connectivity index (χ0) is 19.8. The van der Waals surface area contributed by atoms with Gasteiger partial charge in [-0.1, -0.05) is 30.3 Å². The fourth-order valence-corrected chi connectivity index (χ4v) is 3.16. The van der Waals surface area contributed by atoms with Crippen LogP contribution in [-0.2, 0) is 17.8 Å². The van der Waals surface area contributed by atoms with Gasteiger partial charge in [0, 0.05) is 37.4 Å². The van der Waals surface area contributed by atoms with E-state index in [4.69, 9.17) is 5.21 Å². The summed E-state index contributed by atoms with van der Waals surface area (Å²) in [5, 5.41) is 19.1. The molecule has 0 aliphatic rings. The Hall–Kier alpha value is -2.93. The molecule has 0 unspecified atom stereocenters. The van der Waals surface area contributed by atoms with Gasteiger partial charge in [-0.25, -0.2) is 5.48 Å². The molecule has 0 aliphatic carbocycles. The number of aliphatic hydroxyl groups excluding tert-OH is 1. The van der Waals surface area contributed by atoms with Crippen LogP contribution >= 0.6 is 0 Å². The van der Waals surface area contributed by atoms with Gasteiger partial charge in [-0.05, 0) is 52.8 Å². The number of hydrogen-bond acceptors (Lipinski definition) is 4.